The maximum absolute atomic E-state index is 11.7. The van der Waals surface area contributed by atoms with Crippen LogP contribution in [0.15, 0.2) is 48.5 Å². The Labute approximate surface area is 299 Å². The number of rotatable bonds is 21. The summed E-state index contributed by atoms with van der Waals surface area (Å²) in [5.74, 6) is 1.30. The van der Waals surface area contributed by atoms with Crippen molar-refractivity contribution in [2.24, 2.45) is 0 Å². The molecule has 0 aliphatic carbocycles. The first kappa shape index (κ1) is 43.0. The number of ether oxygens (including phenoxy) is 2. The van der Waals surface area contributed by atoms with Crippen LogP contribution in [0.4, 0.5) is 0 Å². The van der Waals surface area contributed by atoms with E-state index in [-0.39, 0.29) is 5.97 Å². The van der Waals surface area contributed by atoms with Crippen LogP contribution in [-0.4, -0.2) is 63.5 Å². The molecule has 13 heteroatoms. The molecule has 0 aromatic heterocycles. The Morgan fingerprint density at radius 3 is 1.33 bits per heavy atom. The van der Waals surface area contributed by atoms with Crippen LogP contribution in [0.1, 0.15) is 30.9 Å². The van der Waals surface area contributed by atoms with Crippen molar-refractivity contribution in [2.45, 2.75) is 135 Å². The monoisotopic (exact) mass is 766 g/mol. The van der Waals surface area contributed by atoms with Crippen molar-refractivity contribution in [1.29, 1.82) is 0 Å². The van der Waals surface area contributed by atoms with E-state index in [1.165, 1.54) is 12.5 Å². The summed E-state index contributed by atoms with van der Waals surface area (Å²) in [5.41, 5.74) is 2.29. The molecule has 0 N–H and O–H groups in total. The normalized spacial score (nSPS) is 14.5. The lowest BCUT2D eigenvalue weighted by Gasteiger charge is -2.44. The Hall–Kier alpha value is -1.15. The minimum atomic E-state index is -3.03. The number of aryl methyl sites for hydroxylation is 2. The molecule has 0 saturated carbocycles. The number of para-hydroxylation sites is 2. The summed E-state index contributed by atoms with van der Waals surface area (Å²) < 4.78 is 39.5. The summed E-state index contributed by atoms with van der Waals surface area (Å²) in [6.45, 7) is 29.1. The zero-order valence-corrected chi connectivity index (χ0v) is 38.6. The third-order valence-electron chi connectivity index (χ3n) is 8.17. The van der Waals surface area contributed by atoms with Gasteiger partial charge in [0.15, 0.2) is 41.6 Å². The number of carbonyl (C=O) groups is 1. The van der Waals surface area contributed by atoms with Crippen molar-refractivity contribution in [3.63, 3.8) is 0 Å². The molecule has 0 aliphatic rings. The summed E-state index contributed by atoms with van der Waals surface area (Å²) >= 11 is 0. The molecule has 1 unspecified atom stereocenters. The Balaban J connectivity index is 2.22. The highest BCUT2D eigenvalue weighted by molar-refractivity contribution is 6.91. The molecule has 0 fully saturated rings. The van der Waals surface area contributed by atoms with Crippen molar-refractivity contribution < 1.29 is 30.7 Å². The number of hydrogen-bond acceptors (Lipinski definition) is 7. The summed E-state index contributed by atoms with van der Waals surface area (Å²) in [7, 11) is -11.3. The number of methoxy groups -OCH3 is 1. The van der Waals surface area contributed by atoms with E-state index in [4.69, 9.17) is 25.9 Å². The average molecular weight is 767 g/mol. The molecule has 0 amide bonds. The number of esters is 1. The molecule has 2 aromatic carbocycles. The third kappa shape index (κ3) is 16.7. The van der Waals surface area contributed by atoms with E-state index in [1.54, 1.807) is 7.11 Å². The first-order valence-corrected chi connectivity index (χ1v) is 35.7. The lowest BCUT2D eigenvalue weighted by Crippen LogP contribution is -2.60. The summed E-state index contributed by atoms with van der Waals surface area (Å²) in [6, 6.07) is 20.2. The zero-order chi connectivity index (χ0) is 36.4. The van der Waals surface area contributed by atoms with Gasteiger partial charge in [-0.1, -0.05) is 36.4 Å². The highest BCUT2D eigenvalue weighted by Gasteiger charge is 2.49. The van der Waals surface area contributed by atoms with Gasteiger partial charge in [-0.3, -0.25) is 4.79 Å². The van der Waals surface area contributed by atoms with Crippen LogP contribution in [0, 0.1) is 0 Å². The maximum Gasteiger partial charge on any atom is 0.466 e. The highest BCUT2D eigenvalue weighted by atomic mass is 28.5. The van der Waals surface area contributed by atoms with Gasteiger partial charge >= 0.3 is 14.8 Å². The summed E-state index contributed by atoms with van der Waals surface area (Å²) in [4.78, 5) is 11.7. The van der Waals surface area contributed by atoms with Crippen molar-refractivity contribution >= 4 is 56.4 Å². The zero-order valence-electron chi connectivity index (χ0n) is 32.6. The van der Waals surface area contributed by atoms with Crippen molar-refractivity contribution in [2.75, 3.05) is 7.11 Å². The number of carbonyl (C=O) groups excluding carboxylic acids is 1. The van der Waals surface area contributed by atoms with Crippen molar-refractivity contribution in [1.82, 2.24) is 0 Å². The largest absolute Gasteiger partial charge is 0.496 e. The van der Waals surface area contributed by atoms with Gasteiger partial charge in [-0.15, -0.1) is 0 Å². The van der Waals surface area contributed by atoms with Gasteiger partial charge in [0, 0.05) is 13.5 Å². The molecule has 1 atom stereocenters. The topological polar surface area (TPSA) is 72.5 Å². The molecule has 0 aliphatic heterocycles. The molecular formula is C35H66O7Si6. The molecular weight excluding hydrogens is 701 g/mol. The molecule has 0 spiro atoms. The average Bonchev–Trinajstić information content (AvgIpc) is 2.90. The molecule has 272 valence electrons. The number of benzene rings is 2. The second kappa shape index (κ2) is 17.9. The minimum Gasteiger partial charge on any atom is -0.496 e. The standard InChI is InChI=1S/C35H66O7Si6/c1-31(36)38-35-26-18-16-22-33(35)24-20-28-45(8,9)41-48(14,42-47(12,13)30-29-46(10,11)39-43(3,4)5)40-44(6,7)27-19-23-32-21-15-17-25-34(32)37-2/h15-18,21-22,25-26H,19-20,23-24,27-30H2,1-14H3. The predicted octanol–water partition coefficient (Wildman–Crippen LogP) is 10.5. The smallest absolute Gasteiger partial charge is 0.466 e. The molecule has 0 radical (unpaired) electrons. The molecule has 0 bridgehead atoms. The molecule has 2 rings (SSSR count). The van der Waals surface area contributed by atoms with Crippen LogP contribution < -0.4 is 9.47 Å². The van der Waals surface area contributed by atoms with Gasteiger partial charge in [0.25, 0.3) is 0 Å². The second-order valence-corrected chi connectivity index (χ2v) is 41.9. The maximum atomic E-state index is 11.7. The lowest BCUT2D eigenvalue weighted by atomic mass is 10.1. The van der Waals surface area contributed by atoms with Crippen LogP contribution >= 0.6 is 0 Å². The fourth-order valence-electron chi connectivity index (χ4n) is 6.49. The van der Waals surface area contributed by atoms with E-state index in [0.29, 0.717) is 5.75 Å². The van der Waals surface area contributed by atoms with Gasteiger partial charge in [0.1, 0.15) is 11.5 Å². The Morgan fingerprint density at radius 1 is 0.542 bits per heavy atom. The number of hydrogen-bond donors (Lipinski definition) is 0. The Morgan fingerprint density at radius 2 is 0.917 bits per heavy atom. The SMILES string of the molecule is COc1ccccc1CCC[Si](C)(C)O[Si](C)(O[Si](C)(C)CCCc1ccccc1OC(C)=O)O[Si](C)(C)CC[Si](C)(C)O[Si](C)(C)C. The van der Waals surface area contributed by atoms with E-state index in [1.807, 2.05) is 36.4 Å². The molecule has 7 nitrogen and oxygen atoms in total. The molecule has 2 aromatic rings. The molecule has 0 heterocycles. The van der Waals surface area contributed by atoms with Crippen LogP contribution in [0.3, 0.4) is 0 Å². The van der Waals surface area contributed by atoms with E-state index >= 15 is 0 Å². The van der Waals surface area contributed by atoms with Gasteiger partial charge in [-0.25, -0.2) is 0 Å². The van der Waals surface area contributed by atoms with E-state index in [2.05, 4.69) is 90.7 Å². The van der Waals surface area contributed by atoms with Crippen LogP contribution in [0.5, 0.6) is 11.5 Å². The van der Waals surface area contributed by atoms with Gasteiger partial charge in [-0.05, 0) is 145 Å². The summed E-state index contributed by atoms with van der Waals surface area (Å²) in [5, 5.41) is 0. The van der Waals surface area contributed by atoms with Gasteiger partial charge in [0.05, 0.1) is 7.11 Å². The quantitative estimate of drug-likeness (QED) is 0.0712. The minimum absolute atomic E-state index is 0.295. The van der Waals surface area contributed by atoms with Crippen molar-refractivity contribution in [3.8, 4) is 11.5 Å². The predicted molar refractivity (Wildman–Crippen MR) is 216 cm³/mol. The Bertz CT molecular complexity index is 1310. The van der Waals surface area contributed by atoms with Gasteiger partial charge < -0.3 is 25.9 Å². The van der Waals surface area contributed by atoms with Crippen molar-refractivity contribution in [3.05, 3.63) is 59.7 Å². The van der Waals surface area contributed by atoms with Crippen LogP contribution in [0.2, 0.25) is 103 Å². The Kier molecular flexibility index (Phi) is 16.0. The second-order valence-electron chi connectivity index (χ2n) is 16.6. The fraction of sp³-hybridized carbons (Fsp3) is 0.629. The molecule has 0 saturated heterocycles. The lowest BCUT2D eigenvalue weighted by molar-refractivity contribution is -0.131. The van der Waals surface area contributed by atoms with E-state index in [9.17, 15) is 4.79 Å². The van der Waals surface area contributed by atoms with Crippen LogP contribution in [0.25, 0.3) is 0 Å². The first-order valence-electron chi connectivity index (χ1n) is 17.6. The first-order chi connectivity index (χ1) is 21.9. The van der Waals surface area contributed by atoms with Gasteiger partial charge in [-0.2, -0.15) is 0 Å². The van der Waals surface area contributed by atoms with E-state index < -0.39 is 50.4 Å². The third-order valence-corrected chi connectivity index (χ3v) is 30.4. The summed E-state index contributed by atoms with van der Waals surface area (Å²) in [6.07, 6.45) is 3.75. The van der Waals surface area contributed by atoms with Gasteiger partial charge in [0.2, 0.25) is 0 Å². The highest BCUT2D eigenvalue weighted by Crippen LogP contribution is 2.34. The van der Waals surface area contributed by atoms with Crippen LogP contribution in [-0.2, 0) is 34.1 Å². The fourth-order valence-corrected chi connectivity index (χ4v) is 35.3. The molecule has 48 heavy (non-hydrogen) atoms. The van der Waals surface area contributed by atoms with E-state index in [0.717, 1.165) is 61.2 Å².